The molecule has 4 heteroatoms. The topological polar surface area (TPSA) is 67.3 Å². The number of Topliss-reactive ketones (excluding diaryl/α,β-unsaturated/α-hetero) is 1. The number of aromatic nitrogens is 1. The lowest BCUT2D eigenvalue weighted by Gasteiger charge is -2.05. The van der Waals surface area contributed by atoms with Crippen molar-refractivity contribution in [2.24, 2.45) is 0 Å². The number of rotatable bonds is 3. The number of carboxylic acids is 1. The summed E-state index contributed by atoms with van der Waals surface area (Å²) >= 11 is 0. The summed E-state index contributed by atoms with van der Waals surface area (Å²) in [5.41, 5.74) is 1.87. The fourth-order valence-electron chi connectivity index (χ4n) is 1.69. The minimum Gasteiger partial charge on any atom is -0.476 e. The molecule has 1 aromatic carbocycles. The van der Waals surface area contributed by atoms with Crippen LogP contribution in [0.15, 0.2) is 42.6 Å². The van der Waals surface area contributed by atoms with Crippen molar-refractivity contribution in [3.05, 3.63) is 53.9 Å². The molecule has 0 radical (unpaired) electrons. The zero-order chi connectivity index (χ0) is 13.1. The smallest absolute Gasteiger partial charge is 0.355 e. The monoisotopic (exact) mass is 241 g/mol. The van der Waals surface area contributed by atoms with Crippen LogP contribution in [0.1, 0.15) is 27.8 Å². The maximum absolute atomic E-state index is 11.2. The maximum Gasteiger partial charge on any atom is 0.355 e. The summed E-state index contributed by atoms with van der Waals surface area (Å²) in [6.45, 7) is 1.49. The fraction of sp³-hybridized carbons (Fsp3) is 0.0714. The molecule has 1 N–H and O–H groups in total. The highest BCUT2D eigenvalue weighted by Gasteiger charge is 2.12. The van der Waals surface area contributed by atoms with Crippen LogP contribution in [-0.2, 0) is 0 Å². The first kappa shape index (κ1) is 12.0. The molecule has 0 fully saturated rings. The van der Waals surface area contributed by atoms with Crippen molar-refractivity contribution >= 4 is 11.8 Å². The molecule has 0 aliphatic carbocycles. The Labute approximate surface area is 104 Å². The van der Waals surface area contributed by atoms with E-state index in [4.69, 9.17) is 5.11 Å². The van der Waals surface area contributed by atoms with E-state index in [9.17, 15) is 9.59 Å². The van der Waals surface area contributed by atoms with E-state index < -0.39 is 5.97 Å². The summed E-state index contributed by atoms with van der Waals surface area (Å²) in [6, 6.07) is 10.2. The third-order valence-electron chi connectivity index (χ3n) is 2.61. The molecule has 1 aromatic heterocycles. The van der Waals surface area contributed by atoms with Gasteiger partial charge in [0.2, 0.25) is 0 Å². The molecule has 0 aliphatic heterocycles. The van der Waals surface area contributed by atoms with Crippen LogP contribution < -0.4 is 0 Å². The van der Waals surface area contributed by atoms with Gasteiger partial charge in [0, 0.05) is 17.3 Å². The Bertz CT molecular complexity index is 603. The summed E-state index contributed by atoms with van der Waals surface area (Å²) < 4.78 is 0. The Hall–Kier alpha value is -2.49. The second-order valence-corrected chi connectivity index (χ2v) is 3.84. The summed E-state index contributed by atoms with van der Waals surface area (Å²) in [7, 11) is 0. The third kappa shape index (κ3) is 2.27. The molecule has 2 rings (SSSR count). The summed E-state index contributed by atoms with van der Waals surface area (Å²) in [5.74, 6) is -1.09. The summed E-state index contributed by atoms with van der Waals surface area (Å²) in [6.07, 6.45) is 1.44. The molecule has 2 aromatic rings. The molecular formula is C14H11NO3. The summed E-state index contributed by atoms with van der Waals surface area (Å²) in [5, 5.41) is 9.05. The van der Waals surface area contributed by atoms with Gasteiger partial charge in [-0.1, -0.05) is 30.3 Å². The predicted octanol–water partition coefficient (Wildman–Crippen LogP) is 2.65. The molecule has 0 atom stereocenters. The molecule has 4 nitrogen and oxygen atoms in total. The lowest BCUT2D eigenvalue weighted by molar-refractivity contribution is 0.0691. The van der Waals surface area contributed by atoms with E-state index in [1.807, 2.05) is 0 Å². The first-order chi connectivity index (χ1) is 8.59. The Morgan fingerprint density at radius 3 is 2.33 bits per heavy atom. The molecule has 18 heavy (non-hydrogen) atoms. The number of nitrogens with zero attached hydrogens (tertiary/aromatic N) is 1. The molecule has 0 unspecified atom stereocenters. The first-order valence-corrected chi connectivity index (χ1v) is 5.39. The molecule has 0 aliphatic rings. The second kappa shape index (κ2) is 4.79. The Morgan fingerprint density at radius 2 is 1.78 bits per heavy atom. The van der Waals surface area contributed by atoms with E-state index in [-0.39, 0.29) is 11.5 Å². The van der Waals surface area contributed by atoms with Crippen LogP contribution in [0.2, 0.25) is 0 Å². The van der Waals surface area contributed by atoms with Crippen molar-refractivity contribution in [2.45, 2.75) is 6.92 Å². The van der Waals surface area contributed by atoms with Crippen molar-refractivity contribution in [3.8, 4) is 11.1 Å². The number of carboxylic acid groups (broad SMARTS) is 1. The normalized spacial score (nSPS) is 10.1. The van der Waals surface area contributed by atoms with Crippen LogP contribution in [0.4, 0.5) is 0 Å². The molecular weight excluding hydrogens is 230 g/mol. The quantitative estimate of drug-likeness (QED) is 0.839. The maximum atomic E-state index is 11.2. The van der Waals surface area contributed by atoms with Crippen LogP contribution in [-0.4, -0.2) is 21.8 Å². The van der Waals surface area contributed by atoms with E-state index in [0.29, 0.717) is 11.1 Å². The molecule has 0 spiro atoms. The van der Waals surface area contributed by atoms with Gasteiger partial charge in [-0.25, -0.2) is 9.78 Å². The average molecular weight is 241 g/mol. The Kier molecular flexibility index (Phi) is 3.19. The fourth-order valence-corrected chi connectivity index (χ4v) is 1.69. The van der Waals surface area contributed by atoms with Gasteiger partial charge >= 0.3 is 5.97 Å². The van der Waals surface area contributed by atoms with Gasteiger partial charge in [-0.2, -0.15) is 0 Å². The number of aromatic carboxylic acids is 1. The Morgan fingerprint density at radius 1 is 1.11 bits per heavy atom. The van der Waals surface area contributed by atoms with Gasteiger partial charge in [0.25, 0.3) is 0 Å². The highest BCUT2D eigenvalue weighted by Crippen LogP contribution is 2.22. The highest BCUT2D eigenvalue weighted by atomic mass is 16.4. The standard InChI is InChI=1S/C14H11NO3/c1-9(16)10-4-6-11(7-5-10)12-3-2-8-15-13(12)14(17)18/h2-8H,1H3,(H,17,18). The van der Waals surface area contributed by atoms with Gasteiger partial charge in [0.1, 0.15) is 0 Å². The zero-order valence-corrected chi connectivity index (χ0v) is 9.75. The van der Waals surface area contributed by atoms with Gasteiger partial charge in [-0.05, 0) is 18.6 Å². The lowest BCUT2D eigenvalue weighted by atomic mass is 10.0. The lowest BCUT2D eigenvalue weighted by Crippen LogP contribution is -2.02. The van der Waals surface area contributed by atoms with Gasteiger partial charge in [-0.15, -0.1) is 0 Å². The van der Waals surface area contributed by atoms with Gasteiger partial charge in [0.05, 0.1) is 0 Å². The van der Waals surface area contributed by atoms with Crippen molar-refractivity contribution in [3.63, 3.8) is 0 Å². The minimum absolute atomic E-state index is 0.00748. The molecule has 0 bridgehead atoms. The van der Waals surface area contributed by atoms with Crippen LogP contribution in [0.5, 0.6) is 0 Å². The van der Waals surface area contributed by atoms with Gasteiger partial charge in [0.15, 0.2) is 11.5 Å². The molecule has 0 amide bonds. The SMILES string of the molecule is CC(=O)c1ccc(-c2cccnc2C(=O)O)cc1. The largest absolute Gasteiger partial charge is 0.476 e. The average Bonchev–Trinajstić information content (AvgIpc) is 2.39. The number of ketones is 1. The number of hydrogen-bond acceptors (Lipinski definition) is 3. The Balaban J connectivity index is 2.49. The number of pyridine rings is 1. The van der Waals surface area contributed by atoms with E-state index >= 15 is 0 Å². The second-order valence-electron chi connectivity index (χ2n) is 3.84. The van der Waals surface area contributed by atoms with Gasteiger partial charge in [-0.3, -0.25) is 4.79 Å². The number of carbonyl (C=O) groups excluding carboxylic acids is 1. The van der Waals surface area contributed by atoms with Crippen LogP contribution in [0, 0.1) is 0 Å². The summed E-state index contributed by atoms with van der Waals surface area (Å²) in [4.78, 5) is 26.1. The zero-order valence-electron chi connectivity index (χ0n) is 9.75. The van der Waals surface area contributed by atoms with Crippen LogP contribution in [0.25, 0.3) is 11.1 Å². The number of carbonyl (C=O) groups is 2. The highest BCUT2D eigenvalue weighted by molar-refractivity contribution is 5.96. The van der Waals surface area contributed by atoms with Crippen molar-refractivity contribution in [1.29, 1.82) is 0 Å². The third-order valence-corrected chi connectivity index (χ3v) is 2.61. The van der Waals surface area contributed by atoms with E-state index in [1.165, 1.54) is 13.1 Å². The number of hydrogen-bond donors (Lipinski definition) is 1. The molecule has 0 saturated heterocycles. The molecule has 1 heterocycles. The van der Waals surface area contributed by atoms with E-state index in [1.54, 1.807) is 36.4 Å². The first-order valence-electron chi connectivity index (χ1n) is 5.39. The van der Waals surface area contributed by atoms with Crippen molar-refractivity contribution in [1.82, 2.24) is 4.98 Å². The minimum atomic E-state index is -1.07. The molecule has 0 saturated carbocycles. The molecule has 90 valence electrons. The van der Waals surface area contributed by atoms with Crippen molar-refractivity contribution in [2.75, 3.05) is 0 Å². The number of benzene rings is 1. The van der Waals surface area contributed by atoms with Crippen LogP contribution >= 0.6 is 0 Å². The van der Waals surface area contributed by atoms with E-state index in [2.05, 4.69) is 4.98 Å². The van der Waals surface area contributed by atoms with Crippen LogP contribution in [0.3, 0.4) is 0 Å². The van der Waals surface area contributed by atoms with Crippen molar-refractivity contribution < 1.29 is 14.7 Å². The predicted molar refractivity (Wildman–Crippen MR) is 66.6 cm³/mol. The van der Waals surface area contributed by atoms with Gasteiger partial charge < -0.3 is 5.11 Å². The van der Waals surface area contributed by atoms with E-state index in [0.717, 1.165) is 5.56 Å².